The number of anilines is 1. The summed E-state index contributed by atoms with van der Waals surface area (Å²) in [5.74, 6) is -3.67. The van der Waals surface area contributed by atoms with Crippen molar-refractivity contribution in [3.8, 4) is 0 Å². The lowest BCUT2D eigenvalue weighted by Crippen LogP contribution is -2.48. The number of carbonyl (C=O) groups is 2. The van der Waals surface area contributed by atoms with Crippen molar-refractivity contribution in [2.24, 2.45) is 0 Å². The summed E-state index contributed by atoms with van der Waals surface area (Å²) in [4.78, 5) is 23.8. The van der Waals surface area contributed by atoms with Crippen molar-refractivity contribution in [3.63, 3.8) is 0 Å². The Labute approximate surface area is 102 Å². The van der Waals surface area contributed by atoms with Gasteiger partial charge in [-0.25, -0.2) is 13.6 Å². The van der Waals surface area contributed by atoms with Crippen molar-refractivity contribution >= 4 is 17.6 Å². The number of amides is 1. The number of nitrogens with zero attached hydrogens (tertiary/aromatic N) is 1. The SMILES string of the molecule is O=C(O)C1CCCC(=O)N1c1ccc(F)c(F)c1. The van der Waals surface area contributed by atoms with Crippen LogP contribution in [0.25, 0.3) is 0 Å². The van der Waals surface area contributed by atoms with E-state index < -0.39 is 23.6 Å². The van der Waals surface area contributed by atoms with Gasteiger partial charge in [-0.1, -0.05) is 0 Å². The van der Waals surface area contributed by atoms with Gasteiger partial charge in [-0.2, -0.15) is 0 Å². The zero-order valence-corrected chi connectivity index (χ0v) is 9.40. The molecule has 0 aliphatic carbocycles. The Bertz CT molecular complexity index is 504. The molecule has 1 aliphatic heterocycles. The number of rotatable bonds is 2. The number of carboxylic acids is 1. The van der Waals surface area contributed by atoms with Crippen LogP contribution in [-0.4, -0.2) is 23.0 Å². The minimum atomic E-state index is -1.15. The molecule has 1 fully saturated rings. The Hall–Kier alpha value is -1.98. The van der Waals surface area contributed by atoms with Gasteiger partial charge in [0, 0.05) is 18.2 Å². The van der Waals surface area contributed by atoms with Gasteiger partial charge in [0.05, 0.1) is 0 Å². The number of piperidine rings is 1. The largest absolute Gasteiger partial charge is 0.480 e. The fourth-order valence-corrected chi connectivity index (χ4v) is 2.06. The summed E-state index contributed by atoms with van der Waals surface area (Å²) in [5.41, 5.74) is 0.0750. The third-order valence-electron chi connectivity index (χ3n) is 2.91. The van der Waals surface area contributed by atoms with Crippen LogP contribution in [0.3, 0.4) is 0 Å². The van der Waals surface area contributed by atoms with E-state index in [2.05, 4.69) is 0 Å². The van der Waals surface area contributed by atoms with Crippen molar-refractivity contribution in [2.45, 2.75) is 25.3 Å². The maximum atomic E-state index is 13.1. The molecule has 1 heterocycles. The van der Waals surface area contributed by atoms with Crippen LogP contribution in [0.1, 0.15) is 19.3 Å². The van der Waals surface area contributed by atoms with E-state index in [1.165, 1.54) is 6.07 Å². The second-order valence-electron chi connectivity index (χ2n) is 4.11. The van der Waals surface area contributed by atoms with Crippen LogP contribution in [0.4, 0.5) is 14.5 Å². The summed E-state index contributed by atoms with van der Waals surface area (Å²) in [7, 11) is 0. The molecular weight excluding hydrogens is 244 g/mol. The average molecular weight is 255 g/mol. The smallest absolute Gasteiger partial charge is 0.326 e. The van der Waals surface area contributed by atoms with Crippen LogP contribution >= 0.6 is 0 Å². The zero-order chi connectivity index (χ0) is 13.3. The van der Waals surface area contributed by atoms with E-state index in [0.29, 0.717) is 12.8 Å². The first-order chi connectivity index (χ1) is 8.50. The molecule has 1 N–H and O–H groups in total. The molecule has 1 atom stereocenters. The third-order valence-corrected chi connectivity index (χ3v) is 2.91. The highest BCUT2D eigenvalue weighted by atomic mass is 19.2. The van der Waals surface area contributed by atoms with E-state index in [-0.39, 0.29) is 18.0 Å². The zero-order valence-electron chi connectivity index (χ0n) is 9.40. The fourth-order valence-electron chi connectivity index (χ4n) is 2.06. The summed E-state index contributed by atoms with van der Waals surface area (Å²) >= 11 is 0. The summed E-state index contributed by atoms with van der Waals surface area (Å²) in [6, 6.07) is 1.91. The molecule has 1 unspecified atom stereocenters. The maximum absolute atomic E-state index is 13.1. The first-order valence-corrected chi connectivity index (χ1v) is 5.50. The molecular formula is C12H11F2NO3. The molecule has 6 heteroatoms. The molecule has 1 aromatic rings. The van der Waals surface area contributed by atoms with Crippen molar-refractivity contribution in [1.29, 1.82) is 0 Å². The van der Waals surface area contributed by atoms with Gasteiger partial charge in [-0.3, -0.25) is 9.69 Å². The Kier molecular flexibility index (Phi) is 3.27. The van der Waals surface area contributed by atoms with Gasteiger partial charge in [0.15, 0.2) is 11.6 Å². The van der Waals surface area contributed by atoms with Crippen LogP contribution in [-0.2, 0) is 9.59 Å². The van der Waals surface area contributed by atoms with Gasteiger partial charge < -0.3 is 5.11 Å². The highest BCUT2D eigenvalue weighted by Gasteiger charge is 2.34. The van der Waals surface area contributed by atoms with E-state index in [1.54, 1.807) is 0 Å². The van der Waals surface area contributed by atoms with E-state index >= 15 is 0 Å². The first kappa shape index (κ1) is 12.5. The van der Waals surface area contributed by atoms with E-state index in [1.807, 2.05) is 0 Å². The molecule has 0 aromatic heterocycles. The van der Waals surface area contributed by atoms with Gasteiger partial charge >= 0.3 is 5.97 Å². The normalized spacial score (nSPS) is 20.0. The van der Waals surface area contributed by atoms with Crippen LogP contribution in [0.2, 0.25) is 0 Å². The van der Waals surface area contributed by atoms with Crippen molar-refractivity contribution in [1.82, 2.24) is 0 Å². The van der Waals surface area contributed by atoms with Gasteiger partial charge in [0.1, 0.15) is 6.04 Å². The first-order valence-electron chi connectivity index (χ1n) is 5.50. The average Bonchev–Trinajstić information content (AvgIpc) is 2.32. The molecule has 1 aliphatic rings. The summed E-state index contributed by atoms with van der Waals surface area (Å²) in [5, 5.41) is 9.05. The Morgan fingerprint density at radius 1 is 1.33 bits per heavy atom. The summed E-state index contributed by atoms with van der Waals surface area (Å²) < 4.78 is 26.0. The van der Waals surface area contributed by atoms with Crippen LogP contribution in [0.5, 0.6) is 0 Å². The minimum absolute atomic E-state index is 0.0750. The topological polar surface area (TPSA) is 57.6 Å². The molecule has 0 spiro atoms. The monoisotopic (exact) mass is 255 g/mol. The van der Waals surface area contributed by atoms with Crippen molar-refractivity contribution < 1.29 is 23.5 Å². The number of carboxylic acid groups (broad SMARTS) is 1. The fraction of sp³-hybridized carbons (Fsp3) is 0.333. The molecule has 96 valence electrons. The Morgan fingerprint density at radius 2 is 2.06 bits per heavy atom. The van der Waals surface area contributed by atoms with Crippen molar-refractivity contribution in [3.05, 3.63) is 29.8 Å². The number of aliphatic carboxylic acids is 1. The maximum Gasteiger partial charge on any atom is 0.326 e. The molecule has 1 saturated heterocycles. The van der Waals surface area contributed by atoms with Gasteiger partial charge in [0.2, 0.25) is 5.91 Å². The van der Waals surface area contributed by atoms with E-state index in [4.69, 9.17) is 5.11 Å². The molecule has 0 radical (unpaired) electrons. The second-order valence-corrected chi connectivity index (χ2v) is 4.11. The molecule has 2 rings (SSSR count). The number of hydrogen-bond acceptors (Lipinski definition) is 2. The summed E-state index contributed by atoms with van der Waals surface area (Å²) in [6.45, 7) is 0. The number of carbonyl (C=O) groups excluding carboxylic acids is 1. The molecule has 0 bridgehead atoms. The van der Waals surface area contributed by atoms with Gasteiger partial charge in [-0.15, -0.1) is 0 Å². The Balaban J connectivity index is 2.40. The lowest BCUT2D eigenvalue weighted by atomic mass is 10.0. The van der Waals surface area contributed by atoms with Crippen LogP contribution < -0.4 is 4.90 Å². The van der Waals surface area contributed by atoms with Gasteiger partial charge in [-0.05, 0) is 25.0 Å². The standard InChI is InChI=1S/C12H11F2NO3/c13-8-5-4-7(6-9(8)14)15-10(12(17)18)2-1-3-11(15)16/h4-6,10H,1-3H2,(H,17,18). The molecule has 1 amide bonds. The van der Waals surface area contributed by atoms with Gasteiger partial charge in [0.25, 0.3) is 0 Å². The quantitative estimate of drug-likeness (QED) is 0.878. The second kappa shape index (κ2) is 4.72. The van der Waals surface area contributed by atoms with E-state index in [0.717, 1.165) is 17.0 Å². The predicted octanol–water partition coefficient (Wildman–Crippen LogP) is 1.93. The van der Waals surface area contributed by atoms with Crippen LogP contribution in [0, 0.1) is 11.6 Å². The molecule has 18 heavy (non-hydrogen) atoms. The lowest BCUT2D eigenvalue weighted by Gasteiger charge is -2.32. The Morgan fingerprint density at radius 3 is 2.67 bits per heavy atom. The third kappa shape index (κ3) is 2.18. The number of halogens is 2. The minimum Gasteiger partial charge on any atom is -0.480 e. The molecule has 1 aromatic carbocycles. The highest BCUT2D eigenvalue weighted by Crippen LogP contribution is 2.27. The lowest BCUT2D eigenvalue weighted by molar-refractivity contribution is -0.141. The van der Waals surface area contributed by atoms with Crippen LogP contribution in [0.15, 0.2) is 18.2 Å². The van der Waals surface area contributed by atoms with Crippen molar-refractivity contribution in [2.75, 3.05) is 4.90 Å². The predicted molar refractivity (Wildman–Crippen MR) is 59.1 cm³/mol. The van der Waals surface area contributed by atoms with E-state index in [9.17, 15) is 18.4 Å². The summed E-state index contributed by atoms with van der Waals surface area (Å²) in [6.07, 6.45) is 0.999. The molecule has 4 nitrogen and oxygen atoms in total. The number of hydrogen-bond donors (Lipinski definition) is 1. The highest BCUT2D eigenvalue weighted by molar-refractivity contribution is 6.00. The molecule has 0 saturated carbocycles. The number of benzene rings is 1.